The molecule has 4 N–H and O–H groups in total. The van der Waals surface area contributed by atoms with E-state index in [1.54, 1.807) is 0 Å². The van der Waals surface area contributed by atoms with E-state index >= 15 is 0 Å². The molecule has 2 aromatic heterocycles. The molecule has 0 spiro atoms. The Morgan fingerprint density at radius 1 is 1.30 bits per heavy atom. The Hall–Kier alpha value is -2.52. The largest absolute Gasteiger partial charge is 0.382 e. The van der Waals surface area contributed by atoms with Crippen LogP contribution >= 0.6 is 0 Å². The van der Waals surface area contributed by atoms with Crippen LogP contribution < -0.4 is 10.5 Å². The van der Waals surface area contributed by atoms with Crippen LogP contribution in [0.1, 0.15) is 11.3 Å². The number of benzene rings is 1. The van der Waals surface area contributed by atoms with E-state index in [0.717, 1.165) is 22.9 Å². The van der Waals surface area contributed by atoms with Gasteiger partial charge in [0.05, 0.1) is 35.7 Å². The van der Waals surface area contributed by atoms with Gasteiger partial charge in [0, 0.05) is 0 Å². The quantitative estimate of drug-likeness (QED) is 0.653. The first kappa shape index (κ1) is 15.4. The van der Waals surface area contributed by atoms with E-state index in [9.17, 15) is 8.42 Å². The van der Waals surface area contributed by atoms with E-state index in [1.807, 2.05) is 25.1 Å². The normalized spacial score (nSPS) is 11.9. The molecule has 0 aliphatic carbocycles. The lowest BCUT2D eigenvalue weighted by atomic mass is 10.2. The summed E-state index contributed by atoms with van der Waals surface area (Å²) in [6.45, 7) is 2.03. The Labute approximate surface area is 133 Å². The van der Waals surface area contributed by atoms with Gasteiger partial charge in [0.1, 0.15) is 5.69 Å². The van der Waals surface area contributed by atoms with Crippen LogP contribution in [0.2, 0.25) is 0 Å². The lowest BCUT2D eigenvalue weighted by Crippen LogP contribution is -2.22. The van der Waals surface area contributed by atoms with Crippen molar-refractivity contribution in [2.24, 2.45) is 0 Å². The number of aromatic nitrogens is 4. The van der Waals surface area contributed by atoms with Gasteiger partial charge in [-0.2, -0.15) is 0 Å². The molecule has 0 bridgehead atoms. The number of sulfonamides is 1. The van der Waals surface area contributed by atoms with E-state index in [2.05, 4.69) is 24.7 Å². The Kier molecular flexibility index (Phi) is 3.74. The molecule has 0 amide bonds. The summed E-state index contributed by atoms with van der Waals surface area (Å²) in [4.78, 5) is 16.0. The van der Waals surface area contributed by atoms with Crippen molar-refractivity contribution in [1.82, 2.24) is 24.7 Å². The van der Waals surface area contributed by atoms with Crippen molar-refractivity contribution >= 4 is 26.9 Å². The number of fused-ring (bicyclic) bond motifs is 1. The molecule has 3 aromatic rings. The second-order valence-electron chi connectivity index (χ2n) is 5.29. The summed E-state index contributed by atoms with van der Waals surface area (Å²) in [5.74, 6) is 0.723. The Bertz CT molecular complexity index is 980. The molecule has 0 radical (unpaired) electrons. The minimum atomic E-state index is -3.31. The second-order valence-corrected chi connectivity index (χ2v) is 7.13. The number of anilines is 1. The summed E-state index contributed by atoms with van der Waals surface area (Å²) in [5, 5.41) is 0. The van der Waals surface area contributed by atoms with E-state index < -0.39 is 10.0 Å². The third kappa shape index (κ3) is 3.46. The van der Waals surface area contributed by atoms with Crippen LogP contribution in [0, 0.1) is 6.92 Å². The molecule has 0 saturated carbocycles. The molecule has 3 rings (SSSR count). The number of imidazole rings is 1. The number of nitrogen functional groups attached to an aromatic ring is 1. The van der Waals surface area contributed by atoms with Crippen LogP contribution in [0.15, 0.2) is 24.4 Å². The van der Waals surface area contributed by atoms with Crippen LogP contribution in [0.5, 0.6) is 0 Å². The van der Waals surface area contributed by atoms with Gasteiger partial charge in [0.25, 0.3) is 0 Å². The fraction of sp³-hybridized carbons (Fsp3) is 0.214. The highest BCUT2D eigenvalue weighted by molar-refractivity contribution is 7.88. The molecule has 23 heavy (non-hydrogen) atoms. The number of nitrogens with one attached hydrogen (secondary N) is 2. The molecular formula is C14H16N6O2S. The van der Waals surface area contributed by atoms with Crippen LogP contribution in [0.25, 0.3) is 22.6 Å². The van der Waals surface area contributed by atoms with Crippen molar-refractivity contribution in [1.29, 1.82) is 0 Å². The summed E-state index contributed by atoms with van der Waals surface area (Å²) in [6, 6.07) is 5.85. The number of nitrogens with two attached hydrogens (primary N) is 1. The molecule has 0 aliphatic rings. The molecule has 0 saturated heterocycles. The fourth-order valence-corrected chi connectivity index (χ4v) is 2.55. The van der Waals surface area contributed by atoms with Gasteiger partial charge in [0.2, 0.25) is 10.0 Å². The summed E-state index contributed by atoms with van der Waals surface area (Å²) < 4.78 is 24.7. The maximum Gasteiger partial charge on any atom is 0.209 e. The smallest absolute Gasteiger partial charge is 0.209 e. The number of nitrogens with zero attached hydrogens (tertiary/aromatic N) is 3. The van der Waals surface area contributed by atoms with Crippen molar-refractivity contribution < 1.29 is 8.42 Å². The fourth-order valence-electron chi connectivity index (χ4n) is 2.14. The number of rotatable bonds is 4. The molecule has 8 nitrogen and oxygen atoms in total. The first-order valence-electron chi connectivity index (χ1n) is 6.84. The molecule has 2 heterocycles. The van der Waals surface area contributed by atoms with Gasteiger partial charge in [-0.1, -0.05) is 6.07 Å². The van der Waals surface area contributed by atoms with Gasteiger partial charge in [0.15, 0.2) is 11.6 Å². The van der Waals surface area contributed by atoms with Gasteiger partial charge < -0.3 is 10.7 Å². The summed E-state index contributed by atoms with van der Waals surface area (Å²) >= 11 is 0. The number of hydrogen-bond donors (Lipinski definition) is 3. The van der Waals surface area contributed by atoms with Crippen molar-refractivity contribution in [3.8, 4) is 11.5 Å². The minimum Gasteiger partial charge on any atom is -0.382 e. The molecule has 1 aromatic carbocycles. The van der Waals surface area contributed by atoms with Gasteiger partial charge in [-0.15, -0.1) is 0 Å². The Morgan fingerprint density at radius 2 is 2.09 bits per heavy atom. The zero-order valence-corrected chi connectivity index (χ0v) is 13.5. The van der Waals surface area contributed by atoms with Crippen molar-refractivity contribution in [2.45, 2.75) is 13.5 Å². The zero-order chi connectivity index (χ0) is 16.6. The number of aryl methyl sites for hydroxylation is 1. The lowest BCUT2D eigenvalue weighted by molar-refractivity contribution is 0.586. The Morgan fingerprint density at radius 3 is 2.83 bits per heavy atom. The standard InChI is InChI=1S/C14H16N6O2S/c1-8-3-4-10-11(5-8)20-14(19-10)12-13(15)16-6-9(18-12)7-17-23(2,21)22/h3-6,17H,7H2,1-2H3,(H2,15,16)(H,19,20). The predicted octanol–water partition coefficient (Wildman–Crippen LogP) is 0.960. The number of H-pyrrole nitrogens is 1. The average molecular weight is 332 g/mol. The predicted molar refractivity (Wildman–Crippen MR) is 88.0 cm³/mol. The topological polar surface area (TPSA) is 127 Å². The molecule has 120 valence electrons. The highest BCUT2D eigenvalue weighted by atomic mass is 32.2. The summed E-state index contributed by atoms with van der Waals surface area (Å²) in [6.07, 6.45) is 2.52. The molecule has 0 aliphatic heterocycles. The molecule has 0 atom stereocenters. The first-order valence-corrected chi connectivity index (χ1v) is 8.74. The van der Waals surface area contributed by atoms with E-state index in [1.165, 1.54) is 6.20 Å². The zero-order valence-electron chi connectivity index (χ0n) is 12.7. The SMILES string of the molecule is Cc1ccc2nc(-c3nc(CNS(C)(=O)=O)cnc3N)[nH]c2c1. The molecular weight excluding hydrogens is 316 g/mol. The first-order chi connectivity index (χ1) is 10.8. The van der Waals surface area contributed by atoms with Crippen molar-refractivity contribution in [3.63, 3.8) is 0 Å². The van der Waals surface area contributed by atoms with Gasteiger partial charge in [-0.3, -0.25) is 0 Å². The van der Waals surface area contributed by atoms with E-state index in [4.69, 9.17) is 5.73 Å². The van der Waals surface area contributed by atoms with Crippen LogP contribution in [-0.4, -0.2) is 34.6 Å². The van der Waals surface area contributed by atoms with Gasteiger partial charge in [-0.25, -0.2) is 28.1 Å². The number of aromatic amines is 1. The highest BCUT2D eigenvalue weighted by Gasteiger charge is 2.13. The third-order valence-electron chi connectivity index (χ3n) is 3.23. The van der Waals surface area contributed by atoms with Crippen LogP contribution in [0.3, 0.4) is 0 Å². The van der Waals surface area contributed by atoms with Gasteiger partial charge >= 0.3 is 0 Å². The second kappa shape index (κ2) is 5.60. The maximum atomic E-state index is 11.2. The monoisotopic (exact) mass is 332 g/mol. The highest BCUT2D eigenvalue weighted by Crippen LogP contribution is 2.23. The third-order valence-corrected chi connectivity index (χ3v) is 3.90. The van der Waals surface area contributed by atoms with Crippen LogP contribution in [-0.2, 0) is 16.6 Å². The van der Waals surface area contributed by atoms with E-state index in [-0.39, 0.29) is 12.4 Å². The summed E-state index contributed by atoms with van der Waals surface area (Å²) in [7, 11) is -3.31. The maximum absolute atomic E-state index is 11.2. The lowest BCUT2D eigenvalue weighted by Gasteiger charge is -2.05. The molecule has 0 fully saturated rings. The Balaban J connectivity index is 2.00. The van der Waals surface area contributed by atoms with Crippen molar-refractivity contribution in [2.75, 3.05) is 12.0 Å². The number of hydrogen-bond acceptors (Lipinski definition) is 6. The van der Waals surface area contributed by atoms with Crippen LogP contribution in [0.4, 0.5) is 5.82 Å². The van der Waals surface area contributed by atoms with Crippen molar-refractivity contribution in [3.05, 3.63) is 35.7 Å². The average Bonchev–Trinajstić information content (AvgIpc) is 2.88. The minimum absolute atomic E-state index is 0.0401. The molecule has 0 unspecified atom stereocenters. The van der Waals surface area contributed by atoms with Gasteiger partial charge in [-0.05, 0) is 24.6 Å². The molecule has 9 heteroatoms. The summed E-state index contributed by atoms with van der Waals surface area (Å²) in [5.41, 5.74) is 9.52. The van der Waals surface area contributed by atoms with E-state index in [0.29, 0.717) is 17.2 Å².